The third-order valence-corrected chi connectivity index (χ3v) is 19.4. The highest BCUT2D eigenvalue weighted by molar-refractivity contribution is 7.98. The van der Waals surface area contributed by atoms with E-state index in [1.807, 2.05) is 25.4 Å². The quantitative estimate of drug-likeness (QED) is 0.0213. The number of benzene rings is 1. The van der Waals surface area contributed by atoms with E-state index in [4.69, 9.17) is 28.7 Å². The highest BCUT2D eigenvalue weighted by atomic mass is 32.2. The maximum Gasteiger partial charge on any atom is 0.326 e. The van der Waals surface area contributed by atoms with Gasteiger partial charge in [-0.3, -0.25) is 81.5 Å². The number of thioether (sulfide) groups is 1. The Morgan fingerprint density at radius 3 is 1.54 bits per heavy atom. The van der Waals surface area contributed by atoms with Crippen molar-refractivity contribution in [1.29, 1.82) is 0 Å². The average Bonchev–Trinajstić information content (AvgIpc) is 1.63. The van der Waals surface area contributed by atoms with Crippen LogP contribution >= 0.6 is 24.4 Å². The summed E-state index contributed by atoms with van der Waals surface area (Å²) in [7, 11) is 0. The number of thiol groups is 1. The lowest BCUT2D eigenvalue weighted by molar-refractivity contribution is -0.149. The molecule has 24 N–H and O–H groups in total. The highest BCUT2D eigenvalue weighted by Gasteiger charge is 2.46. The largest absolute Gasteiger partial charge is 0.508 e. The summed E-state index contributed by atoms with van der Waals surface area (Å²) in [5, 5.41) is 63.1. The fourth-order valence-electron chi connectivity index (χ4n) is 12.5. The van der Waals surface area contributed by atoms with Crippen LogP contribution in [0, 0.1) is 5.92 Å². The van der Waals surface area contributed by atoms with Crippen molar-refractivity contribution in [3.05, 3.63) is 29.8 Å². The average molecular weight is 1590 g/mol. The Kier molecular flexibility index (Phi) is 39.1. The minimum Gasteiger partial charge on any atom is -0.508 e. The minimum atomic E-state index is -1.87. The molecule has 13 atom stereocenters. The van der Waals surface area contributed by atoms with Crippen molar-refractivity contribution in [2.24, 2.45) is 34.6 Å². The number of aliphatic hydroxyl groups excluding tert-OH is 1. The molecule has 0 unspecified atom stereocenters. The number of carboxylic acids is 2. The Balaban J connectivity index is 1.47. The molecule has 110 heavy (non-hydrogen) atoms. The lowest BCUT2D eigenvalue weighted by Gasteiger charge is -2.34. The van der Waals surface area contributed by atoms with E-state index in [0.29, 0.717) is 43.5 Å². The third kappa shape index (κ3) is 30.1. The molecule has 3 saturated heterocycles. The van der Waals surface area contributed by atoms with Gasteiger partial charge in [0, 0.05) is 51.1 Å². The van der Waals surface area contributed by atoms with Gasteiger partial charge in [-0.05, 0) is 132 Å². The molecule has 4 rings (SSSR count). The number of nitrogens with zero attached hydrogens (tertiary/aromatic N) is 3. The second-order valence-corrected chi connectivity index (χ2v) is 28.7. The molecule has 0 bridgehead atoms. The summed E-state index contributed by atoms with van der Waals surface area (Å²) in [6.07, 6.45) is 0.341. The molecule has 3 fully saturated rings. The second-order valence-electron chi connectivity index (χ2n) is 27.4. The van der Waals surface area contributed by atoms with Crippen LogP contribution in [0.1, 0.15) is 135 Å². The summed E-state index contributed by atoms with van der Waals surface area (Å²) in [6, 6.07) is -13.6. The molecular weight excluding hydrogens is 1480 g/mol. The topological polar surface area (TPSA) is 648 Å². The number of aliphatic hydroxyl groups is 1. The number of carbonyl (C=O) groups excluding carboxylic acids is 16. The Labute approximate surface area is 644 Å². The first-order valence-electron chi connectivity index (χ1n) is 36.2. The summed E-state index contributed by atoms with van der Waals surface area (Å²) in [5.74, 6) is -18.1. The van der Waals surface area contributed by atoms with Crippen LogP contribution in [0.3, 0.4) is 0 Å². The number of unbranched alkanes of at least 4 members (excludes halogenated alkanes) is 1. The van der Waals surface area contributed by atoms with Crippen LogP contribution in [0.25, 0.3) is 0 Å². The number of carbonyl (C=O) groups is 18. The molecule has 0 saturated carbocycles. The van der Waals surface area contributed by atoms with Crippen molar-refractivity contribution in [1.82, 2.24) is 67.9 Å². The predicted octanol–water partition coefficient (Wildman–Crippen LogP) is -7.08. The normalized spacial score (nSPS) is 18.0. The van der Waals surface area contributed by atoms with Crippen LogP contribution in [0.2, 0.25) is 0 Å². The van der Waals surface area contributed by atoms with Crippen molar-refractivity contribution in [2.75, 3.05) is 57.1 Å². The van der Waals surface area contributed by atoms with E-state index in [1.54, 1.807) is 0 Å². The standard InChI is InChI=1S/C68H106N18O22S2/c1-35(2)29-44(80-58(97)39(9-4-5-24-69)76-56(95)38(70)23-28-110-3)66(105)84-25-6-10-48(84)64(103)78-42(18-21-52(72)90)65(104)86-27-8-12-50(86)67(106)85-26-7-11-49(85)63(102)77-40(19-22-55(93)94)57(96)74-32-54(92)75-41(17-20-51(71)89)59(98)83-47(34-109)62(101)79-43(30-36-13-15-37(88)16-14-36)60(99)82-46(33-87)61(100)81-45(68(107)108)31-53(73)91/h13-16,35,38-50,87-88,109H,4-12,17-34,69-70H2,1-3H3,(H2,71,89)(H2,72,90)(H2,73,91)(H,74,96)(H,75,92)(H,76,95)(H,77,102)(H,78,103)(H,79,101)(H,80,97)(H,81,100)(H,82,99)(H,83,98)(H,93,94)(H,107,108)/t38-,39-,40-,41-,42-,43-,44-,45-,46-,47-,48-,49-,50-/m0/s1. The van der Waals surface area contributed by atoms with Crippen LogP contribution in [0.4, 0.5) is 0 Å². The SMILES string of the molecule is CSCC[C@H](N)C(=O)N[C@@H](CCCCN)C(=O)N[C@@H](CC(C)C)C(=O)N1CCC[C@H]1C(=O)N[C@@H](CCC(N)=O)C(=O)N1CCC[C@H]1C(=O)N1CCC[C@H]1C(=O)N[C@@H](CCC(=O)O)C(=O)NCC(=O)N[C@@H](CCC(N)=O)C(=O)N[C@@H](CS)C(=O)N[C@@H](Cc1ccc(O)cc1)C(=O)N[C@@H](CO)C(=O)N[C@@H](CC(N)=O)C(=O)O. The number of aliphatic carboxylic acids is 2. The van der Waals surface area contributed by atoms with Gasteiger partial charge in [0.1, 0.15) is 78.3 Å². The summed E-state index contributed by atoms with van der Waals surface area (Å²) in [4.78, 5) is 245. The van der Waals surface area contributed by atoms with Gasteiger partial charge in [0.2, 0.25) is 94.5 Å². The first kappa shape index (κ1) is 92.4. The maximum absolute atomic E-state index is 14.7. The van der Waals surface area contributed by atoms with Gasteiger partial charge in [0.25, 0.3) is 0 Å². The summed E-state index contributed by atoms with van der Waals surface area (Å²) in [6.45, 7) is 1.94. The number of nitrogens with one attached hydrogen (secondary N) is 10. The lowest BCUT2D eigenvalue weighted by Crippen LogP contribution is -2.60. The Bertz CT molecular complexity index is 3450. The molecule has 42 heteroatoms. The molecule has 0 spiro atoms. The number of primary amides is 3. The molecule has 0 radical (unpaired) electrons. The molecule has 40 nitrogen and oxygen atoms in total. The number of carboxylic acid groups (broad SMARTS) is 2. The summed E-state index contributed by atoms with van der Waals surface area (Å²) < 4.78 is 0. The first-order valence-corrected chi connectivity index (χ1v) is 38.2. The molecule has 1 aromatic carbocycles. The summed E-state index contributed by atoms with van der Waals surface area (Å²) >= 11 is 5.66. The molecule has 3 aliphatic rings. The molecule has 1 aromatic rings. The van der Waals surface area contributed by atoms with Gasteiger partial charge in [-0.1, -0.05) is 26.0 Å². The number of phenolic OH excluding ortho intramolecular Hbond substituents is 1. The van der Waals surface area contributed by atoms with Gasteiger partial charge in [-0.15, -0.1) is 0 Å². The third-order valence-electron chi connectivity index (χ3n) is 18.4. The number of phenols is 1. The van der Waals surface area contributed by atoms with Crippen LogP contribution in [0.15, 0.2) is 24.3 Å². The van der Waals surface area contributed by atoms with Crippen LogP contribution in [-0.4, -0.2) is 277 Å². The zero-order valence-electron chi connectivity index (χ0n) is 61.7. The van der Waals surface area contributed by atoms with Crippen molar-refractivity contribution in [3.8, 4) is 5.75 Å². The van der Waals surface area contributed by atoms with Gasteiger partial charge >= 0.3 is 11.9 Å². The van der Waals surface area contributed by atoms with Crippen molar-refractivity contribution in [2.45, 2.75) is 214 Å². The fraction of sp³-hybridized carbons (Fsp3) is 0.647. The zero-order chi connectivity index (χ0) is 82.1. The number of likely N-dealkylation sites (tertiary alicyclic amines) is 3. The second kappa shape index (κ2) is 46.5. The molecule has 0 aliphatic carbocycles. The Hall–Kier alpha value is -9.94. The monoisotopic (exact) mass is 1590 g/mol. The number of amides is 16. The van der Waals surface area contributed by atoms with E-state index in [1.165, 1.54) is 50.7 Å². The van der Waals surface area contributed by atoms with E-state index < -0.39 is 242 Å². The number of aromatic hydroxyl groups is 1. The highest BCUT2D eigenvalue weighted by Crippen LogP contribution is 2.28. The van der Waals surface area contributed by atoms with Gasteiger partial charge in [0.15, 0.2) is 0 Å². The van der Waals surface area contributed by atoms with Crippen molar-refractivity contribution >= 4 is 131 Å². The number of hydrogen-bond acceptors (Lipinski definition) is 24. The van der Waals surface area contributed by atoms with E-state index in [-0.39, 0.29) is 89.1 Å². The Morgan fingerprint density at radius 2 is 0.991 bits per heavy atom. The molecular formula is C68H106N18O22S2. The smallest absolute Gasteiger partial charge is 0.326 e. The Morgan fingerprint density at radius 1 is 0.527 bits per heavy atom. The molecule has 3 aliphatic heterocycles. The van der Waals surface area contributed by atoms with E-state index in [0.717, 1.165) is 0 Å². The molecule has 612 valence electrons. The maximum atomic E-state index is 14.7. The van der Waals surface area contributed by atoms with Gasteiger partial charge in [0.05, 0.1) is 25.6 Å². The van der Waals surface area contributed by atoms with E-state index in [9.17, 15) is 107 Å². The minimum absolute atomic E-state index is 0.0180. The van der Waals surface area contributed by atoms with Gasteiger partial charge < -0.3 is 117 Å². The van der Waals surface area contributed by atoms with E-state index in [2.05, 4.69) is 60.5 Å². The van der Waals surface area contributed by atoms with Gasteiger partial charge in [-0.25, -0.2) is 4.79 Å². The van der Waals surface area contributed by atoms with Crippen LogP contribution in [0.5, 0.6) is 5.75 Å². The predicted molar refractivity (Wildman–Crippen MR) is 396 cm³/mol. The molecule has 3 heterocycles. The number of nitrogens with two attached hydrogens (primary N) is 5. The van der Waals surface area contributed by atoms with Crippen molar-refractivity contribution < 1.29 is 107 Å². The fourth-order valence-corrected chi connectivity index (χ4v) is 13.3. The lowest BCUT2D eigenvalue weighted by atomic mass is 10.0. The number of rotatable bonds is 48. The summed E-state index contributed by atoms with van der Waals surface area (Å²) in [5.41, 5.74) is 28.2. The zero-order valence-corrected chi connectivity index (χ0v) is 63.4. The molecule has 0 aromatic heterocycles. The molecule has 16 amide bonds. The van der Waals surface area contributed by atoms with Crippen LogP contribution < -0.4 is 81.8 Å². The first-order chi connectivity index (χ1) is 52.0. The van der Waals surface area contributed by atoms with Crippen LogP contribution in [-0.2, 0) is 92.7 Å². The van der Waals surface area contributed by atoms with Crippen molar-refractivity contribution in [3.63, 3.8) is 0 Å². The number of hydrogen-bond donors (Lipinski definition) is 20. The van der Waals surface area contributed by atoms with E-state index >= 15 is 0 Å². The van der Waals surface area contributed by atoms with Gasteiger partial charge in [-0.2, -0.15) is 24.4 Å².